The first-order chi connectivity index (χ1) is 16.4. The number of rotatable bonds is 8. The van der Waals surface area contributed by atoms with Crippen LogP contribution in [-0.4, -0.2) is 18.9 Å². The average molecular weight is 456 g/mol. The maximum Gasteiger partial charge on any atom is 0.266 e. The molecule has 0 heterocycles. The number of ether oxygens (including phenoxy) is 2. The lowest BCUT2D eigenvalue weighted by atomic mass is 10.1. The normalized spacial score (nSPS) is 10.7. The first-order valence-electron chi connectivity index (χ1n) is 10.5. The molecule has 0 radical (unpaired) electrons. The molecule has 0 saturated carbocycles. The molecule has 0 bridgehead atoms. The minimum Gasteiger partial charge on any atom is -0.493 e. The van der Waals surface area contributed by atoms with E-state index in [0.717, 1.165) is 5.56 Å². The quantitative estimate of drug-likeness (QED) is 0.364. The highest BCUT2D eigenvalue weighted by molar-refractivity contribution is 6.09. The van der Waals surface area contributed by atoms with E-state index < -0.39 is 5.91 Å². The van der Waals surface area contributed by atoms with Gasteiger partial charge < -0.3 is 20.1 Å². The van der Waals surface area contributed by atoms with Gasteiger partial charge in [0, 0.05) is 18.3 Å². The molecule has 0 aliphatic heterocycles. The third kappa shape index (κ3) is 6.71. The van der Waals surface area contributed by atoms with Crippen LogP contribution in [0.3, 0.4) is 0 Å². The molecule has 0 aliphatic carbocycles. The molecule has 34 heavy (non-hydrogen) atoms. The number of aryl methyl sites for hydroxylation is 1. The zero-order chi connectivity index (χ0) is 24.5. The van der Waals surface area contributed by atoms with Crippen molar-refractivity contribution < 1.29 is 19.1 Å². The van der Waals surface area contributed by atoms with E-state index in [9.17, 15) is 14.9 Å². The molecule has 0 fully saturated rings. The number of amides is 2. The summed E-state index contributed by atoms with van der Waals surface area (Å²) in [5.41, 5.74) is 3.87. The number of hydrogen-bond donors (Lipinski definition) is 2. The fourth-order valence-electron chi connectivity index (χ4n) is 3.09. The predicted molar refractivity (Wildman–Crippen MR) is 131 cm³/mol. The number of nitrogens with one attached hydrogen (secondary N) is 2. The number of nitrogens with zero attached hydrogens (tertiary/aromatic N) is 1. The Morgan fingerprint density at radius 2 is 1.59 bits per heavy atom. The lowest BCUT2D eigenvalue weighted by Crippen LogP contribution is -2.13. The van der Waals surface area contributed by atoms with Gasteiger partial charge in [-0.25, -0.2) is 0 Å². The van der Waals surface area contributed by atoms with Crippen molar-refractivity contribution >= 4 is 29.3 Å². The van der Waals surface area contributed by atoms with Crippen LogP contribution < -0.4 is 20.1 Å². The Bertz CT molecular complexity index is 1240. The third-order valence-electron chi connectivity index (χ3n) is 4.84. The molecule has 0 unspecified atom stereocenters. The van der Waals surface area contributed by atoms with Gasteiger partial charge in [0.1, 0.15) is 18.2 Å². The van der Waals surface area contributed by atoms with Gasteiger partial charge in [0.2, 0.25) is 5.91 Å². The topological polar surface area (TPSA) is 100 Å². The Kier molecular flexibility index (Phi) is 8.03. The molecule has 2 amide bonds. The van der Waals surface area contributed by atoms with E-state index in [2.05, 4.69) is 10.6 Å². The molecule has 0 aliphatic rings. The Balaban J connectivity index is 1.70. The summed E-state index contributed by atoms with van der Waals surface area (Å²) in [6.07, 6.45) is 1.48. The van der Waals surface area contributed by atoms with Gasteiger partial charge in [-0.1, -0.05) is 35.9 Å². The summed E-state index contributed by atoms with van der Waals surface area (Å²) >= 11 is 0. The predicted octanol–water partition coefficient (Wildman–Crippen LogP) is 5.09. The summed E-state index contributed by atoms with van der Waals surface area (Å²) in [7, 11) is 1.53. The Morgan fingerprint density at radius 1 is 0.941 bits per heavy atom. The molecule has 0 spiro atoms. The molecular weight excluding hydrogens is 430 g/mol. The van der Waals surface area contributed by atoms with Crippen LogP contribution in [-0.2, 0) is 16.2 Å². The fraction of sp³-hybridized carbons (Fsp3) is 0.148. The van der Waals surface area contributed by atoms with E-state index in [4.69, 9.17) is 9.47 Å². The summed E-state index contributed by atoms with van der Waals surface area (Å²) in [6, 6.07) is 21.8. The highest BCUT2D eigenvalue weighted by Gasteiger charge is 2.12. The van der Waals surface area contributed by atoms with E-state index in [1.54, 1.807) is 42.5 Å². The zero-order valence-corrected chi connectivity index (χ0v) is 19.2. The van der Waals surface area contributed by atoms with Gasteiger partial charge in [0.15, 0.2) is 11.5 Å². The summed E-state index contributed by atoms with van der Waals surface area (Å²) in [4.78, 5) is 23.7. The molecule has 0 atom stereocenters. The van der Waals surface area contributed by atoms with Crippen LogP contribution in [0.5, 0.6) is 11.5 Å². The lowest BCUT2D eigenvalue weighted by molar-refractivity contribution is -0.114. The number of nitriles is 1. The number of anilines is 2. The summed E-state index contributed by atoms with van der Waals surface area (Å²) in [5, 5.41) is 14.8. The molecule has 3 rings (SSSR count). The van der Waals surface area contributed by atoms with Gasteiger partial charge in [0.05, 0.1) is 7.11 Å². The lowest BCUT2D eigenvalue weighted by Gasteiger charge is -2.12. The molecule has 7 nitrogen and oxygen atoms in total. The van der Waals surface area contributed by atoms with Crippen LogP contribution >= 0.6 is 0 Å². The SMILES string of the molecule is COc1cc(C=C(C#N)C(=O)Nc2ccc(NC(C)=O)cc2)ccc1OCc1ccc(C)cc1. The van der Waals surface area contributed by atoms with Gasteiger partial charge >= 0.3 is 0 Å². The molecule has 2 N–H and O–H groups in total. The number of methoxy groups -OCH3 is 1. The summed E-state index contributed by atoms with van der Waals surface area (Å²) in [6.45, 7) is 3.83. The molecule has 172 valence electrons. The van der Waals surface area contributed by atoms with Crippen LogP contribution in [0, 0.1) is 18.3 Å². The van der Waals surface area contributed by atoms with Crippen molar-refractivity contribution in [3.05, 3.63) is 89.0 Å². The van der Waals surface area contributed by atoms with Crippen LogP contribution in [0.25, 0.3) is 6.08 Å². The highest BCUT2D eigenvalue weighted by Crippen LogP contribution is 2.30. The first-order valence-corrected chi connectivity index (χ1v) is 10.5. The van der Waals surface area contributed by atoms with E-state index in [0.29, 0.717) is 35.0 Å². The summed E-state index contributed by atoms with van der Waals surface area (Å²) < 4.78 is 11.3. The average Bonchev–Trinajstić information content (AvgIpc) is 2.83. The summed E-state index contributed by atoms with van der Waals surface area (Å²) in [5.74, 6) is 0.316. The number of hydrogen-bond acceptors (Lipinski definition) is 5. The highest BCUT2D eigenvalue weighted by atomic mass is 16.5. The van der Waals surface area contributed by atoms with Crippen molar-refractivity contribution in [1.29, 1.82) is 5.26 Å². The van der Waals surface area contributed by atoms with Gasteiger partial charge in [-0.15, -0.1) is 0 Å². The Labute approximate surface area is 198 Å². The van der Waals surface area contributed by atoms with Crippen LogP contribution in [0.1, 0.15) is 23.6 Å². The number of carbonyl (C=O) groups excluding carboxylic acids is 2. The number of benzene rings is 3. The van der Waals surface area contributed by atoms with Crippen LogP contribution in [0.2, 0.25) is 0 Å². The second kappa shape index (κ2) is 11.3. The van der Waals surface area contributed by atoms with Crippen molar-refractivity contribution in [2.45, 2.75) is 20.5 Å². The van der Waals surface area contributed by atoms with Gasteiger partial charge in [-0.3, -0.25) is 9.59 Å². The van der Waals surface area contributed by atoms with Crippen molar-refractivity contribution in [2.24, 2.45) is 0 Å². The molecule has 7 heteroatoms. The van der Waals surface area contributed by atoms with Crippen LogP contribution in [0.4, 0.5) is 11.4 Å². The van der Waals surface area contributed by atoms with Crippen LogP contribution in [0.15, 0.2) is 72.3 Å². The second-order valence-corrected chi connectivity index (χ2v) is 7.57. The standard InChI is InChI=1S/C27H25N3O4/c1-18-4-6-20(7-5-18)17-34-25-13-8-21(15-26(25)33-3)14-22(16-28)27(32)30-24-11-9-23(10-12-24)29-19(2)31/h4-15H,17H2,1-3H3,(H,29,31)(H,30,32). The van der Waals surface area contributed by atoms with Gasteiger partial charge in [-0.05, 0) is 60.5 Å². The molecule has 0 saturated heterocycles. The van der Waals surface area contributed by atoms with Crippen molar-refractivity contribution in [3.63, 3.8) is 0 Å². The minimum absolute atomic E-state index is 0.0682. The molecular formula is C27H25N3O4. The maximum atomic E-state index is 12.6. The Morgan fingerprint density at radius 3 is 2.18 bits per heavy atom. The van der Waals surface area contributed by atoms with E-state index >= 15 is 0 Å². The Hall–Kier alpha value is -4.57. The largest absolute Gasteiger partial charge is 0.493 e. The van der Waals surface area contributed by atoms with E-state index in [-0.39, 0.29) is 11.5 Å². The third-order valence-corrected chi connectivity index (χ3v) is 4.84. The molecule has 0 aromatic heterocycles. The number of carbonyl (C=O) groups is 2. The maximum absolute atomic E-state index is 12.6. The first kappa shape index (κ1) is 24.1. The van der Waals surface area contributed by atoms with Gasteiger partial charge in [-0.2, -0.15) is 5.26 Å². The second-order valence-electron chi connectivity index (χ2n) is 7.57. The smallest absolute Gasteiger partial charge is 0.266 e. The minimum atomic E-state index is -0.548. The molecule has 3 aromatic carbocycles. The van der Waals surface area contributed by atoms with Crippen molar-refractivity contribution in [2.75, 3.05) is 17.7 Å². The molecule has 3 aromatic rings. The van der Waals surface area contributed by atoms with E-state index in [1.807, 2.05) is 37.3 Å². The monoisotopic (exact) mass is 455 g/mol. The van der Waals surface area contributed by atoms with E-state index in [1.165, 1.54) is 25.7 Å². The zero-order valence-electron chi connectivity index (χ0n) is 19.2. The fourth-order valence-corrected chi connectivity index (χ4v) is 3.09. The van der Waals surface area contributed by atoms with Crippen molar-refractivity contribution in [3.8, 4) is 17.6 Å². The van der Waals surface area contributed by atoms with Gasteiger partial charge in [0.25, 0.3) is 5.91 Å². The van der Waals surface area contributed by atoms with Crippen molar-refractivity contribution in [1.82, 2.24) is 0 Å².